The van der Waals surface area contributed by atoms with Crippen LogP contribution in [0.4, 0.5) is 5.82 Å². The molecule has 142 valence electrons. The van der Waals surface area contributed by atoms with Gasteiger partial charge in [-0.3, -0.25) is 9.48 Å². The van der Waals surface area contributed by atoms with E-state index in [1.807, 2.05) is 44.3 Å². The molecule has 1 aromatic carbocycles. The molecule has 0 atom stereocenters. The third-order valence-corrected chi connectivity index (χ3v) is 5.98. The van der Waals surface area contributed by atoms with Crippen LogP contribution in [-0.4, -0.2) is 30.5 Å². The number of fused-ring (bicyclic) bond motifs is 2. The Morgan fingerprint density at radius 1 is 1.18 bits per heavy atom. The van der Waals surface area contributed by atoms with Gasteiger partial charge in [0, 0.05) is 17.8 Å². The Bertz CT molecular complexity index is 1150. The lowest BCUT2D eigenvalue weighted by atomic mass is 10.2. The van der Waals surface area contributed by atoms with Gasteiger partial charge < -0.3 is 5.32 Å². The summed E-state index contributed by atoms with van der Waals surface area (Å²) in [7, 11) is 0. The van der Waals surface area contributed by atoms with Gasteiger partial charge in [-0.2, -0.15) is 14.9 Å². The second-order valence-corrected chi connectivity index (χ2v) is 8.24. The molecule has 1 aliphatic carbocycles. The molecule has 3 heterocycles. The maximum atomic E-state index is 12.9. The monoisotopic (exact) mass is 392 g/mol. The molecule has 7 nitrogen and oxygen atoms in total. The zero-order valence-electron chi connectivity index (χ0n) is 15.7. The van der Waals surface area contributed by atoms with Crippen LogP contribution in [0.3, 0.4) is 0 Å². The van der Waals surface area contributed by atoms with E-state index in [1.165, 1.54) is 0 Å². The summed E-state index contributed by atoms with van der Waals surface area (Å²) in [6, 6.07) is 9.96. The molecular weight excluding hydrogens is 372 g/mol. The number of amides is 1. The number of nitrogens with zero attached hydrogens (tertiary/aromatic N) is 5. The number of carbonyl (C=O) groups is 1. The first-order valence-electron chi connectivity index (χ1n) is 9.43. The normalized spacial score (nSPS) is 13.4. The van der Waals surface area contributed by atoms with E-state index in [-0.39, 0.29) is 11.9 Å². The number of para-hydroxylation sites is 1. The van der Waals surface area contributed by atoms with Crippen LogP contribution < -0.4 is 5.32 Å². The van der Waals surface area contributed by atoms with E-state index in [4.69, 9.17) is 10.1 Å². The minimum Gasteiger partial charge on any atom is -0.305 e. The van der Waals surface area contributed by atoms with Gasteiger partial charge in [0.25, 0.3) is 5.91 Å². The van der Waals surface area contributed by atoms with E-state index in [9.17, 15) is 4.79 Å². The number of nitrogens with one attached hydrogen (secondary N) is 1. The lowest BCUT2D eigenvalue weighted by molar-refractivity contribution is 0.102. The predicted molar refractivity (Wildman–Crippen MR) is 109 cm³/mol. The molecule has 0 radical (unpaired) electrons. The quantitative estimate of drug-likeness (QED) is 0.569. The molecule has 5 rings (SSSR count). The summed E-state index contributed by atoms with van der Waals surface area (Å²) in [6.45, 7) is 4.06. The Kier molecular flexibility index (Phi) is 4.01. The van der Waals surface area contributed by atoms with Crippen molar-refractivity contribution in [1.29, 1.82) is 0 Å². The number of thiazole rings is 1. The summed E-state index contributed by atoms with van der Waals surface area (Å²) in [5.41, 5.74) is 3.49. The van der Waals surface area contributed by atoms with Gasteiger partial charge in [0.1, 0.15) is 5.82 Å². The largest absolute Gasteiger partial charge is 0.305 e. The van der Waals surface area contributed by atoms with Gasteiger partial charge in [0.15, 0.2) is 5.69 Å². The van der Waals surface area contributed by atoms with E-state index >= 15 is 0 Å². The number of aromatic nitrogens is 5. The summed E-state index contributed by atoms with van der Waals surface area (Å²) in [4.78, 5) is 17.6. The summed E-state index contributed by atoms with van der Waals surface area (Å²) < 4.78 is 4.66. The molecule has 1 N–H and O–H groups in total. The number of hydrogen-bond acceptors (Lipinski definition) is 5. The average molecular weight is 392 g/mol. The molecule has 0 unspecified atom stereocenters. The smallest absolute Gasteiger partial charge is 0.277 e. The molecule has 0 spiro atoms. The molecule has 0 bridgehead atoms. The standard InChI is InChI=1S/C20H20N6OS/c1-12(2)25-11-10-16(23-25)19(27)22-18-13-6-5-8-14(13)24-26(18)20-21-15-7-3-4-9-17(15)28-20/h3-4,7,9-12H,5-6,8H2,1-2H3,(H,22,27). The van der Waals surface area contributed by atoms with Crippen molar-refractivity contribution in [3.63, 3.8) is 0 Å². The third-order valence-electron chi connectivity index (χ3n) is 4.97. The number of hydrogen-bond donors (Lipinski definition) is 1. The second-order valence-electron chi connectivity index (χ2n) is 7.23. The fourth-order valence-electron chi connectivity index (χ4n) is 3.53. The van der Waals surface area contributed by atoms with Crippen LogP contribution in [0, 0.1) is 0 Å². The first-order chi connectivity index (χ1) is 13.6. The summed E-state index contributed by atoms with van der Waals surface area (Å²) in [5, 5.41) is 13.0. The van der Waals surface area contributed by atoms with Crippen LogP contribution in [0.2, 0.25) is 0 Å². The highest BCUT2D eigenvalue weighted by Crippen LogP contribution is 2.33. The van der Waals surface area contributed by atoms with Gasteiger partial charge in [-0.15, -0.1) is 0 Å². The highest BCUT2D eigenvalue weighted by molar-refractivity contribution is 7.20. The average Bonchev–Trinajstić information content (AvgIpc) is 3.44. The molecule has 8 heteroatoms. The molecule has 0 aliphatic heterocycles. The molecule has 0 fully saturated rings. The zero-order valence-corrected chi connectivity index (χ0v) is 16.5. The fourth-order valence-corrected chi connectivity index (χ4v) is 4.45. The van der Waals surface area contributed by atoms with Crippen LogP contribution in [0.15, 0.2) is 36.5 Å². The molecule has 4 aromatic rings. The number of rotatable bonds is 4. The zero-order chi connectivity index (χ0) is 19.3. The van der Waals surface area contributed by atoms with E-state index in [2.05, 4.69) is 10.4 Å². The summed E-state index contributed by atoms with van der Waals surface area (Å²) in [5.74, 6) is 0.493. The van der Waals surface area contributed by atoms with E-state index in [0.717, 1.165) is 51.7 Å². The van der Waals surface area contributed by atoms with Crippen molar-refractivity contribution in [1.82, 2.24) is 24.5 Å². The van der Waals surface area contributed by atoms with Gasteiger partial charge in [-0.1, -0.05) is 23.5 Å². The van der Waals surface area contributed by atoms with Crippen molar-refractivity contribution in [2.24, 2.45) is 0 Å². The van der Waals surface area contributed by atoms with E-state index in [1.54, 1.807) is 26.8 Å². The van der Waals surface area contributed by atoms with Gasteiger partial charge in [0.05, 0.1) is 15.9 Å². The Hall–Kier alpha value is -3.00. The molecule has 1 amide bonds. The SMILES string of the molecule is CC(C)n1ccc(C(=O)Nc2c3c(nn2-c2nc4ccccc4s2)CCC3)n1. The number of aryl methyl sites for hydroxylation is 1. The molecule has 28 heavy (non-hydrogen) atoms. The molecular formula is C20H20N6OS. The Morgan fingerprint density at radius 3 is 2.82 bits per heavy atom. The fraction of sp³-hybridized carbons (Fsp3) is 0.300. The minimum absolute atomic E-state index is 0.207. The maximum Gasteiger partial charge on any atom is 0.277 e. The predicted octanol–water partition coefficient (Wildman–Crippen LogP) is 4.00. The first kappa shape index (κ1) is 17.1. The van der Waals surface area contributed by atoms with Crippen LogP contribution in [0.5, 0.6) is 0 Å². The third kappa shape index (κ3) is 2.80. The van der Waals surface area contributed by atoms with Crippen LogP contribution in [0.1, 0.15) is 48.1 Å². The van der Waals surface area contributed by atoms with Crippen LogP contribution in [-0.2, 0) is 12.8 Å². The van der Waals surface area contributed by atoms with Crippen molar-refractivity contribution in [2.45, 2.75) is 39.2 Å². The van der Waals surface area contributed by atoms with E-state index in [0.29, 0.717) is 5.69 Å². The van der Waals surface area contributed by atoms with Crippen molar-refractivity contribution in [2.75, 3.05) is 5.32 Å². The number of benzene rings is 1. The molecule has 0 saturated heterocycles. The Balaban J connectivity index is 1.54. The van der Waals surface area contributed by atoms with Crippen molar-refractivity contribution >= 4 is 33.3 Å². The van der Waals surface area contributed by atoms with Gasteiger partial charge in [0.2, 0.25) is 5.13 Å². The number of anilines is 1. The summed E-state index contributed by atoms with van der Waals surface area (Å²) >= 11 is 1.57. The second kappa shape index (κ2) is 6.56. The van der Waals surface area contributed by atoms with Gasteiger partial charge >= 0.3 is 0 Å². The number of carbonyl (C=O) groups excluding carboxylic acids is 1. The van der Waals surface area contributed by atoms with E-state index < -0.39 is 0 Å². The molecule has 3 aromatic heterocycles. The molecule has 0 saturated carbocycles. The lowest BCUT2D eigenvalue weighted by Gasteiger charge is -2.08. The van der Waals surface area contributed by atoms with Gasteiger partial charge in [-0.05, 0) is 51.3 Å². The van der Waals surface area contributed by atoms with Crippen LogP contribution >= 0.6 is 11.3 Å². The molecule has 1 aliphatic rings. The highest BCUT2D eigenvalue weighted by Gasteiger charge is 2.26. The maximum absolute atomic E-state index is 12.9. The van der Waals surface area contributed by atoms with Crippen LogP contribution in [0.25, 0.3) is 15.3 Å². The van der Waals surface area contributed by atoms with Crippen molar-refractivity contribution < 1.29 is 4.79 Å². The topological polar surface area (TPSA) is 77.6 Å². The lowest BCUT2D eigenvalue weighted by Crippen LogP contribution is -2.17. The summed E-state index contributed by atoms with van der Waals surface area (Å²) in [6.07, 6.45) is 4.73. The Morgan fingerprint density at radius 2 is 2.04 bits per heavy atom. The van der Waals surface area contributed by atoms with Crippen molar-refractivity contribution in [3.8, 4) is 5.13 Å². The Labute approximate surface area is 166 Å². The minimum atomic E-state index is -0.226. The van der Waals surface area contributed by atoms with Gasteiger partial charge in [-0.25, -0.2) is 4.98 Å². The van der Waals surface area contributed by atoms with Crippen molar-refractivity contribution in [3.05, 3.63) is 53.5 Å². The first-order valence-corrected chi connectivity index (χ1v) is 10.2. The highest BCUT2D eigenvalue weighted by atomic mass is 32.1.